The van der Waals surface area contributed by atoms with Gasteiger partial charge in [-0.3, -0.25) is 0 Å². The third-order valence-electron chi connectivity index (χ3n) is 4.69. The summed E-state index contributed by atoms with van der Waals surface area (Å²) in [4.78, 5) is 8.26. The van der Waals surface area contributed by atoms with E-state index in [0.717, 1.165) is 10.2 Å². The molecule has 4 rings (SSSR count). The molecule has 0 aliphatic heterocycles. The number of hydrogen-bond acceptors (Lipinski definition) is 7. The number of benzene rings is 1. The van der Waals surface area contributed by atoms with Crippen LogP contribution in [0.5, 0.6) is 5.75 Å². The number of alkyl halides is 2. The molecule has 162 valence electrons. The number of aromatic nitrogens is 6. The SMILES string of the molecule is COc1c(-c2ccc(C#N)cc2)nn(C)c1Nc1cc(-n2nc(C)cc2C(F)F)ncn1. The third-order valence-corrected chi connectivity index (χ3v) is 4.69. The number of nitrogens with one attached hydrogen (secondary N) is 1. The second kappa shape index (κ2) is 8.43. The van der Waals surface area contributed by atoms with Crippen LogP contribution in [0, 0.1) is 18.3 Å². The van der Waals surface area contributed by atoms with Gasteiger partial charge in [0.2, 0.25) is 0 Å². The van der Waals surface area contributed by atoms with Crippen LogP contribution in [0.15, 0.2) is 42.7 Å². The van der Waals surface area contributed by atoms with Crippen molar-refractivity contribution in [2.24, 2.45) is 7.05 Å². The first kappa shape index (κ1) is 20.9. The highest BCUT2D eigenvalue weighted by atomic mass is 19.3. The molecule has 11 heteroatoms. The van der Waals surface area contributed by atoms with Crippen molar-refractivity contribution in [3.05, 3.63) is 59.7 Å². The van der Waals surface area contributed by atoms with Gasteiger partial charge in [-0.25, -0.2) is 28.1 Å². The van der Waals surface area contributed by atoms with Crippen LogP contribution in [0.2, 0.25) is 0 Å². The molecule has 0 amide bonds. The number of nitriles is 1. The summed E-state index contributed by atoms with van der Waals surface area (Å²) in [6, 6.07) is 11.8. The lowest BCUT2D eigenvalue weighted by Gasteiger charge is -2.10. The number of methoxy groups -OCH3 is 1. The van der Waals surface area contributed by atoms with Gasteiger partial charge in [0.1, 0.15) is 23.5 Å². The summed E-state index contributed by atoms with van der Waals surface area (Å²) >= 11 is 0. The number of halogens is 2. The van der Waals surface area contributed by atoms with E-state index >= 15 is 0 Å². The van der Waals surface area contributed by atoms with Gasteiger partial charge in [-0.05, 0) is 25.1 Å². The second-order valence-electron chi connectivity index (χ2n) is 6.85. The molecule has 1 N–H and O–H groups in total. The molecule has 9 nitrogen and oxygen atoms in total. The molecule has 0 saturated carbocycles. The van der Waals surface area contributed by atoms with Crippen molar-refractivity contribution in [2.75, 3.05) is 12.4 Å². The Morgan fingerprint density at radius 1 is 1.12 bits per heavy atom. The van der Waals surface area contributed by atoms with Crippen molar-refractivity contribution >= 4 is 11.6 Å². The standard InChI is InChI=1S/C21H18F2N8O/c1-12-8-15(20(22)23)31(28-12)17-9-16(25-11-26-17)27-21-19(32-3)18(29-30(21)2)14-6-4-13(10-24)5-7-14/h4-9,11,20H,1-3H3,(H,25,26,27). The lowest BCUT2D eigenvalue weighted by molar-refractivity contribution is 0.142. The highest BCUT2D eigenvalue weighted by Crippen LogP contribution is 2.37. The summed E-state index contributed by atoms with van der Waals surface area (Å²) in [6.07, 6.45) is -1.44. The minimum absolute atomic E-state index is 0.194. The predicted molar refractivity (Wildman–Crippen MR) is 112 cm³/mol. The van der Waals surface area contributed by atoms with Gasteiger partial charge in [-0.2, -0.15) is 15.5 Å². The topological polar surface area (TPSA) is 106 Å². The van der Waals surface area contributed by atoms with Crippen molar-refractivity contribution < 1.29 is 13.5 Å². The summed E-state index contributed by atoms with van der Waals surface area (Å²) < 4.78 is 35.0. The number of hydrogen-bond donors (Lipinski definition) is 1. The lowest BCUT2D eigenvalue weighted by atomic mass is 10.1. The molecule has 4 aromatic rings. The number of rotatable bonds is 6. The largest absolute Gasteiger partial charge is 0.491 e. The summed E-state index contributed by atoms with van der Waals surface area (Å²) in [6.45, 7) is 1.63. The van der Waals surface area contributed by atoms with Gasteiger partial charge in [0.15, 0.2) is 17.4 Å². The molecular weight excluding hydrogens is 418 g/mol. The monoisotopic (exact) mass is 436 g/mol. The first-order valence-corrected chi connectivity index (χ1v) is 9.47. The Balaban J connectivity index is 1.70. The second-order valence-corrected chi connectivity index (χ2v) is 6.85. The summed E-state index contributed by atoms with van der Waals surface area (Å²) in [5, 5.41) is 20.7. The van der Waals surface area contributed by atoms with E-state index in [4.69, 9.17) is 10.00 Å². The average Bonchev–Trinajstić information content (AvgIpc) is 3.34. The van der Waals surface area contributed by atoms with Crippen molar-refractivity contribution in [3.63, 3.8) is 0 Å². The Labute approximate surface area is 181 Å². The molecule has 0 radical (unpaired) electrons. The average molecular weight is 436 g/mol. The van der Waals surface area contributed by atoms with E-state index in [1.54, 1.807) is 42.9 Å². The maximum atomic E-state index is 13.4. The summed E-state index contributed by atoms with van der Waals surface area (Å²) in [5.74, 6) is 1.50. The molecule has 1 aromatic carbocycles. The molecule has 0 fully saturated rings. The van der Waals surface area contributed by atoms with Crippen LogP contribution in [-0.4, -0.2) is 36.6 Å². The first-order valence-electron chi connectivity index (χ1n) is 9.47. The van der Waals surface area contributed by atoms with E-state index in [2.05, 4.69) is 31.6 Å². The Morgan fingerprint density at radius 2 is 1.88 bits per heavy atom. The Hall–Kier alpha value is -4.33. The maximum Gasteiger partial charge on any atom is 0.280 e. The quantitative estimate of drug-likeness (QED) is 0.488. The fourth-order valence-corrected chi connectivity index (χ4v) is 3.24. The van der Waals surface area contributed by atoms with Gasteiger partial charge >= 0.3 is 0 Å². The Bertz CT molecular complexity index is 1300. The molecular formula is C21H18F2N8O. The van der Waals surface area contributed by atoms with Crippen LogP contribution < -0.4 is 10.1 Å². The molecule has 3 heterocycles. The van der Waals surface area contributed by atoms with Gasteiger partial charge in [-0.15, -0.1) is 0 Å². The molecule has 0 bridgehead atoms. The minimum Gasteiger partial charge on any atom is -0.491 e. The number of anilines is 2. The normalized spacial score (nSPS) is 10.9. The van der Waals surface area contributed by atoms with Crippen LogP contribution in [0.25, 0.3) is 17.1 Å². The number of ether oxygens (including phenoxy) is 1. The summed E-state index contributed by atoms with van der Waals surface area (Å²) in [7, 11) is 3.24. The van der Waals surface area contributed by atoms with E-state index in [0.29, 0.717) is 34.3 Å². The molecule has 0 saturated heterocycles. The molecule has 0 atom stereocenters. The zero-order valence-corrected chi connectivity index (χ0v) is 17.4. The highest BCUT2D eigenvalue weighted by Gasteiger charge is 2.21. The van der Waals surface area contributed by atoms with Gasteiger partial charge in [0, 0.05) is 18.7 Å². The number of aryl methyl sites for hydroxylation is 2. The van der Waals surface area contributed by atoms with Crippen LogP contribution in [0.3, 0.4) is 0 Å². The Kier molecular flexibility index (Phi) is 5.51. The maximum absolute atomic E-state index is 13.4. The van der Waals surface area contributed by atoms with E-state index < -0.39 is 6.43 Å². The van der Waals surface area contributed by atoms with Gasteiger partial charge in [0.25, 0.3) is 6.43 Å². The van der Waals surface area contributed by atoms with Gasteiger partial charge in [0.05, 0.1) is 24.4 Å². The van der Waals surface area contributed by atoms with E-state index in [9.17, 15) is 8.78 Å². The smallest absolute Gasteiger partial charge is 0.280 e. The van der Waals surface area contributed by atoms with Gasteiger partial charge in [-0.1, -0.05) is 12.1 Å². The van der Waals surface area contributed by atoms with Crippen LogP contribution in [-0.2, 0) is 7.05 Å². The zero-order valence-electron chi connectivity index (χ0n) is 17.4. The highest BCUT2D eigenvalue weighted by molar-refractivity contribution is 5.76. The lowest BCUT2D eigenvalue weighted by Crippen LogP contribution is -2.07. The van der Waals surface area contributed by atoms with Crippen molar-refractivity contribution in [1.29, 1.82) is 5.26 Å². The molecule has 0 aliphatic rings. The van der Waals surface area contributed by atoms with Gasteiger partial charge < -0.3 is 10.1 Å². The van der Waals surface area contributed by atoms with Crippen LogP contribution >= 0.6 is 0 Å². The molecule has 3 aromatic heterocycles. The van der Waals surface area contributed by atoms with E-state index in [-0.39, 0.29) is 11.5 Å². The Morgan fingerprint density at radius 3 is 2.53 bits per heavy atom. The van der Waals surface area contributed by atoms with E-state index in [1.165, 1.54) is 25.6 Å². The zero-order chi connectivity index (χ0) is 22.8. The summed E-state index contributed by atoms with van der Waals surface area (Å²) in [5.41, 5.74) is 2.06. The number of nitrogens with zero attached hydrogens (tertiary/aromatic N) is 7. The van der Waals surface area contributed by atoms with Crippen molar-refractivity contribution in [1.82, 2.24) is 29.5 Å². The van der Waals surface area contributed by atoms with Crippen molar-refractivity contribution in [3.8, 4) is 28.9 Å². The fourth-order valence-electron chi connectivity index (χ4n) is 3.24. The van der Waals surface area contributed by atoms with E-state index in [1.807, 2.05) is 0 Å². The minimum atomic E-state index is -2.70. The first-order chi connectivity index (χ1) is 15.4. The fraction of sp³-hybridized carbons (Fsp3) is 0.190. The van der Waals surface area contributed by atoms with Crippen LogP contribution in [0.1, 0.15) is 23.4 Å². The van der Waals surface area contributed by atoms with Crippen molar-refractivity contribution in [2.45, 2.75) is 13.3 Å². The molecule has 0 aliphatic carbocycles. The predicted octanol–water partition coefficient (Wildman–Crippen LogP) is 3.93. The molecule has 0 unspecified atom stereocenters. The molecule has 32 heavy (non-hydrogen) atoms. The molecule has 0 spiro atoms. The van der Waals surface area contributed by atoms with Crippen LogP contribution in [0.4, 0.5) is 20.4 Å². The third kappa shape index (κ3) is 3.85.